The van der Waals surface area contributed by atoms with Crippen molar-refractivity contribution in [1.82, 2.24) is 14.6 Å². The maximum absolute atomic E-state index is 12.3. The Labute approximate surface area is 108 Å². The molecule has 0 fully saturated rings. The zero-order valence-electron chi connectivity index (χ0n) is 10.5. The molecular weight excluding hydrogens is 250 g/mol. The highest BCUT2D eigenvalue weighted by molar-refractivity contribution is 7.89. The summed E-state index contributed by atoms with van der Waals surface area (Å²) in [6, 6.07) is 1.70. The monoisotopic (exact) mass is 269 g/mol. The molecule has 0 aliphatic carbocycles. The van der Waals surface area contributed by atoms with Gasteiger partial charge in [-0.3, -0.25) is 0 Å². The van der Waals surface area contributed by atoms with Crippen LogP contribution >= 0.6 is 0 Å². The van der Waals surface area contributed by atoms with Crippen molar-refractivity contribution >= 4 is 10.0 Å². The molecule has 0 unspecified atom stereocenters. The second-order valence-corrected chi connectivity index (χ2v) is 6.20. The molecule has 0 saturated carbocycles. The second-order valence-electron chi connectivity index (χ2n) is 4.26. The topological polar surface area (TPSA) is 65.2 Å². The van der Waals surface area contributed by atoms with E-state index in [0.717, 1.165) is 18.7 Å². The van der Waals surface area contributed by atoms with E-state index in [1.54, 1.807) is 12.3 Å². The normalized spacial score (nSPS) is 17.2. The fourth-order valence-corrected chi connectivity index (χ4v) is 3.34. The van der Waals surface area contributed by atoms with E-state index >= 15 is 0 Å². The van der Waals surface area contributed by atoms with Gasteiger partial charge < -0.3 is 10.3 Å². The maximum atomic E-state index is 12.3. The Kier molecular flexibility index (Phi) is 4.21. The summed E-state index contributed by atoms with van der Waals surface area (Å²) < 4.78 is 26.2. The number of nitrogens with zero attached hydrogens (tertiary/aromatic N) is 1. The van der Waals surface area contributed by atoms with Gasteiger partial charge in [0.1, 0.15) is 0 Å². The van der Waals surface area contributed by atoms with Gasteiger partial charge in [0, 0.05) is 31.5 Å². The number of H-pyrrole nitrogens is 1. The van der Waals surface area contributed by atoms with Gasteiger partial charge in [-0.05, 0) is 19.0 Å². The Balaban J connectivity index is 2.14. The largest absolute Gasteiger partial charge is 0.363 e. The minimum Gasteiger partial charge on any atom is -0.363 e. The maximum Gasteiger partial charge on any atom is 0.244 e. The van der Waals surface area contributed by atoms with E-state index in [1.807, 2.05) is 19.1 Å². The van der Waals surface area contributed by atoms with E-state index in [0.29, 0.717) is 24.5 Å². The molecular formula is C12H19N3O2S. The van der Waals surface area contributed by atoms with E-state index in [4.69, 9.17) is 0 Å². The predicted octanol–water partition coefficient (Wildman–Crippen LogP) is 1.07. The van der Waals surface area contributed by atoms with E-state index < -0.39 is 10.0 Å². The highest BCUT2D eigenvalue weighted by Gasteiger charge is 2.25. The molecule has 6 heteroatoms. The summed E-state index contributed by atoms with van der Waals surface area (Å²) in [5.41, 5.74) is 0.892. The van der Waals surface area contributed by atoms with Gasteiger partial charge >= 0.3 is 0 Å². The predicted molar refractivity (Wildman–Crippen MR) is 70.7 cm³/mol. The van der Waals surface area contributed by atoms with Gasteiger partial charge in [-0.1, -0.05) is 19.1 Å². The summed E-state index contributed by atoms with van der Waals surface area (Å²) in [5, 5.41) is 3.16. The summed E-state index contributed by atoms with van der Waals surface area (Å²) >= 11 is 0. The van der Waals surface area contributed by atoms with Crippen LogP contribution < -0.4 is 5.32 Å². The van der Waals surface area contributed by atoms with Crippen molar-refractivity contribution in [1.29, 1.82) is 0 Å². The molecule has 100 valence electrons. The first-order valence-electron chi connectivity index (χ1n) is 6.17. The van der Waals surface area contributed by atoms with Gasteiger partial charge in [0.25, 0.3) is 0 Å². The first-order chi connectivity index (χ1) is 8.64. The molecule has 0 radical (unpaired) electrons. The van der Waals surface area contributed by atoms with Crippen molar-refractivity contribution in [3.05, 3.63) is 30.1 Å². The smallest absolute Gasteiger partial charge is 0.244 e. The van der Waals surface area contributed by atoms with Crippen molar-refractivity contribution in [2.75, 3.05) is 19.6 Å². The van der Waals surface area contributed by atoms with Crippen LogP contribution in [0, 0.1) is 0 Å². The van der Waals surface area contributed by atoms with Gasteiger partial charge in [0.05, 0.1) is 4.90 Å². The Morgan fingerprint density at radius 1 is 1.44 bits per heavy atom. The Hall–Kier alpha value is -1.11. The zero-order chi connectivity index (χ0) is 13.0. The molecule has 2 heterocycles. The van der Waals surface area contributed by atoms with Crippen molar-refractivity contribution in [2.24, 2.45) is 0 Å². The van der Waals surface area contributed by atoms with Gasteiger partial charge in [-0.15, -0.1) is 0 Å². The average Bonchev–Trinajstić information content (AvgIpc) is 2.87. The van der Waals surface area contributed by atoms with Crippen LogP contribution in [0.25, 0.3) is 0 Å². The molecule has 1 aliphatic rings. The highest BCUT2D eigenvalue weighted by Crippen LogP contribution is 2.18. The highest BCUT2D eigenvalue weighted by atomic mass is 32.2. The van der Waals surface area contributed by atoms with Crippen molar-refractivity contribution in [3.8, 4) is 0 Å². The first kappa shape index (κ1) is 13.3. The Bertz CT molecular complexity index is 519. The van der Waals surface area contributed by atoms with E-state index in [-0.39, 0.29) is 0 Å². The van der Waals surface area contributed by atoms with Crippen molar-refractivity contribution in [2.45, 2.75) is 24.8 Å². The number of aromatic amines is 1. The summed E-state index contributed by atoms with van der Waals surface area (Å²) in [6.07, 6.45) is 6.27. The van der Waals surface area contributed by atoms with Gasteiger partial charge in [-0.2, -0.15) is 4.31 Å². The van der Waals surface area contributed by atoms with Crippen LogP contribution in [0.1, 0.15) is 19.0 Å². The van der Waals surface area contributed by atoms with Crippen molar-refractivity contribution < 1.29 is 8.42 Å². The van der Waals surface area contributed by atoms with E-state index in [2.05, 4.69) is 10.3 Å². The quantitative estimate of drug-likeness (QED) is 0.786. The van der Waals surface area contributed by atoms with E-state index in [9.17, 15) is 8.42 Å². The number of hydrogen-bond acceptors (Lipinski definition) is 3. The number of aromatic nitrogens is 1. The number of nitrogens with one attached hydrogen (secondary N) is 2. The summed E-state index contributed by atoms with van der Waals surface area (Å²) in [4.78, 5) is 3.35. The molecule has 0 saturated heterocycles. The molecule has 18 heavy (non-hydrogen) atoms. The molecule has 2 rings (SSSR count). The molecule has 0 spiro atoms. The number of rotatable bonds is 5. The van der Waals surface area contributed by atoms with Crippen LogP contribution in [0.15, 0.2) is 29.3 Å². The SMILES string of the molecule is CCNCc1cc(S(=O)(=O)N2CC=CCC2)c[nH]1. The molecule has 0 bridgehead atoms. The lowest BCUT2D eigenvalue weighted by molar-refractivity contribution is 0.437. The van der Waals surface area contributed by atoms with Gasteiger partial charge in [0.15, 0.2) is 0 Å². The molecule has 0 atom stereocenters. The molecule has 5 nitrogen and oxygen atoms in total. The Morgan fingerprint density at radius 3 is 2.94 bits per heavy atom. The standard InChI is InChI=1S/C12H19N3O2S/c1-2-13-9-11-8-12(10-14-11)18(16,17)15-6-4-3-5-7-15/h3-4,8,10,13-14H,2,5-7,9H2,1H3. The summed E-state index contributed by atoms with van der Waals surface area (Å²) in [6.45, 7) is 4.56. The number of hydrogen-bond donors (Lipinski definition) is 2. The first-order valence-corrected chi connectivity index (χ1v) is 7.61. The third-order valence-corrected chi connectivity index (χ3v) is 4.78. The van der Waals surface area contributed by atoms with Gasteiger partial charge in [0.2, 0.25) is 10.0 Å². The third kappa shape index (κ3) is 2.82. The lowest BCUT2D eigenvalue weighted by Gasteiger charge is -2.21. The minimum absolute atomic E-state index is 0.353. The fourth-order valence-electron chi connectivity index (χ4n) is 1.92. The Morgan fingerprint density at radius 2 is 2.28 bits per heavy atom. The fraction of sp³-hybridized carbons (Fsp3) is 0.500. The van der Waals surface area contributed by atoms with Crippen LogP contribution in [0.3, 0.4) is 0 Å². The molecule has 1 aromatic rings. The summed E-state index contributed by atoms with van der Waals surface area (Å²) in [5.74, 6) is 0. The van der Waals surface area contributed by atoms with Crippen LogP contribution in [0.2, 0.25) is 0 Å². The molecule has 1 aliphatic heterocycles. The second kappa shape index (κ2) is 5.69. The zero-order valence-corrected chi connectivity index (χ0v) is 11.3. The number of sulfonamides is 1. The van der Waals surface area contributed by atoms with E-state index in [1.165, 1.54) is 4.31 Å². The van der Waals surface area contributed by atoms with Crippen LogP contribution in [-0.4, -0.2) is 37.3 Å². The third-order valence-electron chi connectivity index (χ3n) is 2.94. The average molecular weight is 269 g/mol. The molecule has 0 aromatic carbocycles. The molecule has 2 N–H and O–H groups in total. The summed E-state index contributed by atoms with van der Waals surface area (Å²) in [7, 11) is -3.34. The lowest BCUT2D eigenvalue weighted by Crippen LogP contribution is -2.33. The van der Waals surface area contributed by atoms with Gasteiger partial charge in [-0.25, -0.2) is 8.42 Å². The van der Waals surface area contributed by atoms with Crippen LogP contribution in [0.5, 0.6) is 0 Å². The molecule has 0 amide bonds. The van der Waals surface area contributed by atoms with Crippen LogP contribution in [0.4, 0.5) is 0 Å². The molecule has 1 aromatic heterocycles. The van der Waals surface area contributed by atoms with Crippen molar-refractivity contribution in [3.63, 3.8) is 0 Å². The van der Waals surface area contributed by atoms with Crippen LogP contribution in [-0.2, 0) is 16.6 Å². The lowest BCUT2D eigenvalue weighted by atomic mass is 10.3. The minimum atomic E-state index is -3.34.